The molecule has 0 bridgehead atoms. The van der Waals surface area contributed by atoms with E-state index in [1.54, 1.807) is 0 Å². The molecule has 1 heterocycles. The fraction of sp³-hybridized carbons (Fsp3) is 0.625. The molecule has 0 radical (unpaired) electrons. The van der Waals surface area contributed by atoms with E-state index in [1.807, 2.05) is 0 Å². The van der Waals surface area contributed by atoms with Crippen LogP contribution in [0.15, 0.2) is 6.20 Å². The van der Waals surface area contributed by atoms with E-state index in [4.69, 9.17) is 16.6 Å². The van der Waals surface area contributed by atoms with Gasteiger partial charge in [0.05, 0.1) is 24.5 Å². The molecule has 14 heavy (non-hydrogen) atoms. The van der Waals surface area contributed by atoms with Crippen molar-refractivity contribution in [2.24, 2.45) is 0 Å². The summed E-state index contributed by atoms with van der Waals surface area (Å²) in [4.78, 5) is 0. The SMILES string of the molecule is Nc1cnn(CC(O)CCCO)c1N. The van der Waals surface area contributed by atoms with Gasteiger partial charge in [-0.1, -0.05) is 0 Å². The molecular formula is C8H16N4O2. The zero-order chi connectivity index (χ0) is 10.6. The number of anilines is 2. The van der Waals surface area contributed by atoms with Crippen molar-refractivity contribution >= 4 is 11.5 Å². The fourth-order valence-electron chi connectivity index (χ4n) is 1.17. The van der Waals surface area contributed by atoms with Crippen LogP contribution in [-0.4, -0.2) is 32.7 Å². The number of nitrogen functional groups attached to an aromatic ring is 2. The second kappa shape index (κ2) is 4.83. The van der Waals surface area contributed by atoms with Crippen LogP contribution in [0.5, 0.6) is 0 Å². The van der Waals surface area contributed by atoms with Crippen LogP contribution in [0.25, 0.3) is 0 Å². The normalized spacial score (nSPS) is 13.0. The topological polar surface area (TPSA) is 110 Å². The molecule has 1 atom stereocenters. The van der Waals surface area contributed by atoms with Gasteiger partial charge >= 0.3 is 0 Å². The van der Waals surface area contributed by atoms with Crippen LogP contribution in [-0.2, 0) is 6.54 Å². The molecule has 0 saturated carbocycles. The number of rotatable bonds is 5. The lowest BCUT2D eigenvalue weighted by Gasteiger charge is -2.10. The molecule has 0 spiro atoms. The van der Waals surface area contributed by atoms with Crippen molar-refractivity contribution in [1.29, 1.82) is 0 Å². The molecule has 0 saturated heterocycles. The van der Waals surface area contributed by atoms with Gasteiger partial charge in [0, 0.05) is 6.61 Å². The predicted octanol–water partition coefficient (Wildman–Crippen LogP) is -0.819. The molecule has 0 fully saturated rings. The summed E-state index contributed by atoms with van der Waals surface area (Å²) in [5.41, 5.74) is 11.5. The molecule has 1 unspecified atom stereocenters. The Kier molecular flexibility index (Phi) is 3.73. The maximum absolute atomic E-state index is 9.50. The number of aromatic nitrogens is 2. The van der Waals surface area contributed by atoms with Gasteiger partial charge in [-0.25, -0.2) is 4.68 Å². The van der Waals surface area contributed by atoms with Gasteiger partial charge in [-0.05, 0) is 12.8 Å². The molecule has 1 aromatic rings. The minimum Gasteiger partial charge on any atom is -0.396 e. The van der Waals surface area contributed by atoms with E-state index in [9.17, 15) is 5.11 Å². The maximum atomic E-state index is 9.50. The molecule has 0 aliphatic carbocycles. The smallest absolute Gasteiger partial charge is 0.145 e. The van der Waals surface area contributed by atoms with Crippen molar-refractivity contribution in [2.75, 3.05) is 18.1 Å². The summed E-state index contributed by atoms with van der Waals surface area (Å²) in [6.07, 6.45) is 1.99. The Bertz CT molecular complexity index is 287. The highest BCUT2D eigenvalue weighted by Crippen LogP contribution is 2.13. The van der Waals surface area contributed by atoms with E-state index in [0.29, 0.717) is 30.9 Å². The summed E-state index contributed by atoms with van der Waals surface area (Å²) in [6, 6.07) is 0. The molecule has 6 nitrogen and oxygen atoms in total. The predicted molar refractivity (Wildman–Crippen MR) is 53.4 cm³/mol. The summed E-state index contributed by atoms with van der Waals surface area (Å²) in [5, 5.41) is 22.0. The third kappa shape index (κ3) is 2.61. The Morgan fingerprint density at radius 2 is 2.21 bits per heavy atom. The average molecular weight is 200 g/mol. The fourth-order valence-corrected chi connectivity index (χ4v) is 1.17. The second-order valence-electron chi connectivity index (χ2n) is 3.19. The van der Waals surface area contributed by atoms with E-state index >= 15 is 0 Å². The van der Waals surface area contributed by atoms with E-state index in [-0.39, 0.29) is 6.61 Å². The molecule has 0 amide bonds. The van der Waals surface area contributed by atoms with Crippen LogP contribution in [0.1, 0.15) is 12.8 Å². The van der Waals surface area contributed by atoms with Gasteiger partial charge in [-0.2, -0.15) is 5.10 Å². The van der Waals surface area contributed by atoms with E-state index in [2.05, 4.69) is 5.10 Å². The van der Waals surface area contributed by atoms with Gasteiger partial charge < -0.3 is 21.7 Å². The highest BCUT2D eigenvalue weighted by molar-refractivity contribution is 5.56. The van der Waals surface area contributed by atoms with Crippen LogP contribution in [0, 0.1) is 0 Å². The van der Waals surface area contributed by atoms with Gasteiger partial charge in [0.2, 0.25) is 0 Å². The summed E-state index contributed by atoms with van der Waals surface area (Å²) in [5.74, 6) is 0.369. The maximum Gasteiger partial charge on any atom is 0.145 e. The highest BCUT2D eigenvalue weighted by atomic mass is 16.3. The molecule has 6 N–H and O–H groups in total. The van der Waals surface area contributed by atoms with Crippen LogP contribution in [0.3, 0.4) is 0 Å². The Balaban J connectivity index is 2.47. The Morgan fingerprint density at radius 3 is 2.71 bits per heavy atom. The zero-order valence-corrected chi connectivity index (χ0v) is 7.93. The summed E-state index contributed by atoms with van der Waals surface area (Å²) in [7, 11) is 0. The van der Waals surface area contributed by atoms with Crippen molar-refractivity contribution in [3.05, 3.63) is 6.20 Å². The second-order valence-corrected chi connectivity index (χ2v) is 3.19. The highest BCUT2D eigenvalue weighted by Gasteiger charge is 2.09. The standard InChI is InChI=1S/C8H16N4O2/c9-7-4-11-12(8(7)10)5-6(14)2-1-3-13/h4,6,13-14H,1-3,5,9-10H2. The number of hydrogen-bond donors (Lipinski definition) is 4. The van der Waals surface area contributed by atoms with E-state index in [0.717, 1.165) is 0 Å². The van der Waals surface area contributed by atoms with E-state index in [1.165, 1.54) is 10.9 Å². The molecule has 1 rings (SSSR count). The van der Waals surface area contributed by atoms with Gasteiger partial charge in [-0.3, -0.25) is 0 Å². The van der Waals surface area contributed by atoms with Crippen molar-refractivity contribution in [2.45, 2.75) is 25.5 Å². The number of nitrogens with two attached hydrogens (primary N) is 2. The lowest BCUT2D eigenvalue weighted by atomic mass is 10.2. The van der Waals surface area contributed by atoms with Gasteiger partial charge in [0.25, 0.3) is 0 Å². The number of aliphatic hydroxyl groups is 2. The van der Waals surface area contributed by atoms with Gasteiger partial charge in [0.15, 0.2) is 0 Å². The van der Waals surface area contributed by atoms with E-state index < -0.39 is 6.10 Å². The molecule has 6 heteroatoms. The van der Waals surface area contributed by atoms with Crippen LogP contribution in [0.2, 0.25) is 0 Å². The first-order chi connectivity index (χ1) is 6.65. The lowest BCUT2D eigenvalue weighted by molar-refractivity contribution is 0.128. The monoisotopic (exact) mass is 200 g/mol. The van der Waals surface area contributed by atoms with Gasteiger partial charge in [-0.15, -0.1) is 0 Å². The largest absolute Gasteiger partial charge is 0.396 e. The molecule has 0 aliphatic heterocycles. The molecule has 80 valence electrons. The molecule has 0 aliphatic rings. The lowest BCUT2D eigenvalue weighted by Crippen LogP contribution is -2.18. The first-order valence-corrected chi connectivity index (χ1v) is 4.50. The third-order valence-electron chi connectivity index (χ3n) is 1.99. The minimum absolute atomic E-state index is 0.0772. The average Bonchev–Trinajstić information content (AvgIpc) is 2.46. The van der Waals surface area contributed by atoms with Crippen molar-refractivity contribution in [1.82, 2.24) is 9.78 Å². The summed E-state index contributed by atoms with van der Waals surface area (Å²) < 4.78 is 1.46. The van der Waals surface area contributed by atoms with Crippen molar-refractivity contribution in [3.63, 3.8) is 0 Å². The number of hydrogen-bond acceptors (Lipinski definition) is 5. The third-order valence-corrected chi connectivity index (χ3v) is 1.99. The quantitative estimate of drug-likeness (QED) is 0.496. The van der Waals surface area contributed by atoms with Crippen LogP contribution < -0.4 is 11.5 Å². The Hall–Kier alpha value is -1.27. The van der Waals surface area contributed by atoms with Gasteiger partial charge in [0.1, 0.15) is 5.82 Å². The minimum atomic E-state index is -0.552. The Morgan fingerprint density at radius 1 is 1.50 bits per heavy atom. The van der Waals surface area contributed by atoms with Crippen molar-refractivity contribution < 1.29 is 10.2 Å². The molecule has 1 aromatic heterocycles. The summed E-state index contributed by atoms with van der Waals surface area (Å²) >= 11 is 0. The summed E-state index contributed by atoms with van der Waals surface area (Å²) in [6.45, 7) is 0.386. The van der Waals surface area contributed by atoms with Crippen LogP contribution >= 0.6 is 0 Å². The first-order valence-electron chi connectivity index (χ1n) is 4.50. The first kappa shape index (κ1) is 10.8. The zero-order valence-electron chi connectivity index (χ0n) is 7.93. The van der Waals surface area contributed by atoms with Crippen LogP contribution in [0.4, 0.5) is 11.5 Å². The molecular weight excluding hydrogens is 184 g/mol. The Labute approximate surface area is 82.1 Å². The van der Waals surface area contributed by atoms with Crippen molar-refractivity contribution in [3.8, 4) is 0 Å². The number of nitrogens with zero attached hydrogens (tertiary/aromatic N) is 2. The molecule has 0 aromatic carbocycles. The number of aliphatic hydroxyl groups excluding tert-OH is 2.